The van der Waals surface area contributed by atoms with Crippen LogP contribution in [0.15, 0.2) is 67.0 Å². The second-order valence-corrected chi connectivity index (χ2v) is 7.74. The van der Waals surface area contributed by atoms with Crippen LogP contribution in [0.4, 0.5) is 23.0 Å². The molecule has 0 spiro atoms. The monoisotopic (exact) mass is 450 g/mol. The number of morpholine rings is 1. The van der Waals surface area contributed by atoms with E-state index in [1.165, 1.54) is 0 Å². The standard InChI is InChI=1S/C26H22N6O2/c1-2-23(33)29-21-5-3-4-18(16-21)24-25-19(10-11-27-24)17-28-26(31-25)30-20-6-8-22(9-7-20)32-12-14-34-15-13-32/h1,3-11,16-17H,12-15H2,(H,29,33)(H,28,30,31). The highest BCUT2D eigenvalue weighted by Gasteiger charge is 2.12. The molecule has 168 valence electrons. The van der Waals surface area contributed by atoms with Crippen molar-refractivity contribution in [2.45, 2.75) is 0 Å². The SMILES string of the molecule is C#CC(=O)Nc1cccc(-c2nccc3cnc(Nc4ccc(N5CCOCC5)cc4)nc23)c1. The number of anilines is 4. The number of rotatable bonds is 5. The fraction of sp³-hybridized carbons (Fsp3) is 0.154. The lowest BCUT2D eigenvalue weighted by Gasteiger charge is -2.28. The Morgan fingerprint density at radius 2 is 1.85 bits per heavy atom. The molecule has 2 aromatic heterocycles. The fourth-order valence-corrected chi connectivity index (χ4v) is 3.85. The van der Waals surface area contributed by atoms with E-state index in [0.717, 1.165) is 48.6 Å². The molecule has 5 rings (SSSR count). The van der Waals surface area contributed by atoms with Crippen molar-refractivity contribution in [3.05, 3.63) is 67.0 Å². The normalized spacial score (nSPS) is 13.3. The molecule has 1 fully saturated rings. The van der Waals surface area contributed by atoms with Gasteiger partial charge in [-0.25, -0.2) is 9.97 Å². The van der Waals surface area contributed by atoms with Gasteiger partial charge in [0.2, 0.25) is 5.95 Å². The van der Waals surface area contributed by atoms with Gasteiger partial charge in [-0.05, 0) is 48.4 Å². The second kappa shape index (κ2) is 9.57. The molecular formula is C26H22N6O2. The van der Waals surface area contributed by atoms with E-state index in [-0.39, 0.29) is 0 Å². The van der Waals surface area contributed by atoms with Gasteiger partial charge in [0.05, 0.1) is 18.9 Å². The molecule has 4 aromatic rings. The van der Waals surface area contributed by atoms with Crippen molar-refractivity contribution in [2.24, 2.45) is 0 Å². The van der Waals surface area contributed by atoms with Crippen LogP contribution in [0, 0.1) is 12.3 Å². The number of fused-ring (bicyclic) bond motifs is 1. The van der Waals surface area contributed by atoms with E-state index in [4.69, 9.17) is 16.1 Å². The minimum absolute atomic E-state index is 0.470. The number of nitrogens with zero attached hydrogens (tertiary/aromatic N) is 4. The molecule has 8 nitrogen and oxygen atoms in total. The van der Waals surface area contributed by atoms with Crippen molar-refractivity contribution in [3.8, 4) is 23.6 Å². The van der Waals surface area contributed by atoms with Gasteiger partial charge in [-0.2, -0.15) is 0 Å². The Balaban J connectivity index is 1.41. The van der Waals surface area contributed by atoms with E-state index in [1.54, 1.807) is 18.5 Å². The van der Waals surface area contributed by atoms with Gasteiger partial charge in [0, 0.05) is 53.5 Å². The number of terminal acetylenes is 1. The third kappa shape index (κ3) is 4.65. The van der Waals surface area contributed by atoms with E-state index in [9.17, 15) is 4.79 Å². The quantitative estimate of drug-likeness (QED) is 0.446. The van der Waals surface area contributed by atoms with E-state index < -0.39 is 5.91 Å². The summed E-state index contributed by atoms with van der Waals surface area (Å²) in [6.45, 7) is 3.29. The second-order valence-electron chi connectivity index (χ2n) is 7.74. The highest BCUT2D eigenvalue weighted by Crippen LogP contribution is 2.28. The Hall–Kier alpha value is -4.48. The van der Waals surface area contributed by atoms with Gasteiger partial charge in [0.25, 0.3) is 5.91 Å². The number of pyridine rings is 1. The zero-order valence-electron chi connectivity index (χ0n) is 18.4. The summed E-state index contributed by atoms with van der Waals surface area (Å²) in [5.74, 6) is 2.02. The summed E-state index contributed by atoms with van der Waals surface area (Å²) in [6.07, 6.45) is 8.64. The van der Waals surface area contributed by atoms with Gasteiger partial charge in [0.1, 0.15) is 5.52 Å². The lowest BCUT2D eigenvalue weighted by atomic mass is 10.1. The molecule has 1 amide bonds. The van der Waals surface area contributed by atoms with Gasteiger partial charge < -0.3 is 20.3 Å². The van der Waals surface area contributed by atoms with Crippen molar-refractivity contribution < 1.29 is 9.53 Å². The van der Waals surface area contributed by atoms with Crippen molar-refractivity contribution in [1.29, 1.82) is 0 Å². The smallest absolute Gasteiger partial charge is 0.300 e. The summed E-state index contributed by atoms with van der Waals surface area (Å²) < 4.78 is 5.43. The number of hydrogen-bond donors (Lipinski definition) is 2. The molecule has 34 heavy (non-hydrogen) atoms. The molecule has 1 aliphatic heterocycles. The lowest BCUT2D eigenvalue weighted by molar-refractivity contribution is -0.111. The first-order chi connectivity index (χ1) is 16.7. The van der Waals surface area contributed by atoms with Gasteiger partial charge in [0.15, 0.2) is 0 Å². The maximum atomic E-state index is 11.6. The van der Waals surface area contributed by atoms with Crippen LogP contribution in [0.1, 0.15) is 0 Å². The maximum absolute atomic E-state index is 11.6. The molecule has 0 atom stereocenters. The Morgan fingerprint density at radius 3 is 2.65 bits per heavy atom. The Labute approximate surface area is 197 Å². The highest BCUT2D eigenvalue weighted by molar-refractivity contribution is 6.04. The van der Waals surface area contributed by atoms with Crippen LogP contribution < -0.4 is 15.5 Å². The average Bonchev–Trinajstić information content (AvgIpc) is 2.89. The van der Waals surface area contributed by atoms with Gasteiger partial charge in [-0.3, -0.25) is 9.78 Å². The van der Waals surface area contributed by atoms with Crippen molar-refractivity contribution in [3.63, 3.8) is 0 Å². The molecule has 0 aliphatic carbocycles. The van der Waals surface area contributed by atoms with Crippen LogP contribution in [0.3, 0.4) is 0 Å². The number of benzene rings is 2. The van der Waals surface area contributed by atoms with Crippen LogP contribution in [-0.2, 0) is 9.53 Å². The molecule has 1 saturated heterocycles. The predicted molar refractivity (Wildman–Crippen MR) is 133 cm³/mol. The van der Waals surface area contributed by atoms with E-state index in [1.807, 2.05) is 36.4 Å². The van der Waals surface area contributed by atoms with Crippen LogP contribution in [0.5, 0.6) is 0 Å². The molecule has 3 heterocycles. The first-order valence-electron chi connectivity index (χ1n) is 10.9. The number of aromatic nitrogens is 3. The summed E-state index contributed by atoms with van der Waals surface area (Å²) >= 11 is 0. The summed E-state index contributed by atoms with van der Waals surface area (Å²) in [5.41, 5.74) is 4.83. The van der Waals surface area contributed by atoms with Crippen LogP contribution in [0.25, 0.3) is 22.2 Å². The van der Waals surface area contributed by atoms with Gasteiger partial charge in [-0.15, -0.1) is 6.42 Å². The zero-order chi connectivity index (χ0) is 23.3. The molecule has 0 unspecified atom stereocenters. The third-order valence-electron chi connectivity index (χ3n) is 5.52. The molecule has 1 aliphatic rings. The minimum atomic E-state index is -0.503. The molecule has 0 saturated carbocycles. The number of carbonyl (C=O) groups is 1. The number of ether oxygens (including phenoxy) is 1. The molecule has 8 heteroatoms. The molecule has 2 N–H and O–H groups in total. The molecule has 0 radical (unpaired) electrons. The average molecular weight is 451 g/mol. The predicted octanol–water partition coefficient (Wildman–Crippen LogP) is 3.84. The largest absolute Gasteiger partial charge is 0.378 e. The van der Waals surface area contributed by atoms with Crippen LogP contribution in [-0.4, -0.2) is 47.2 Å². The van der Waals surface area contributed by atoms with E-state index in [0.29, 0.717) is 22.8 Å². The topological polar surface area (TPSA) is 92.3 Å². The first-order valence-corrected chi connectivity index (χ1v) is 10.9. The number of nitrogens with one attached hydrogen (secondary N) is 2. The van der Waals surface area contributed by atoms with E-state index >= 15 is 0 Å². The zero-order valence-corrected chi connectivity index (χ0v) is 18.4. The van der Waals surface area contributed by atoms with Crippen molar-refractivity contribution in [2.75, 3.05) is 41.8 Å². The number of carbonyl (C=O) groups excluding carboxylic acids is 1. The number of amides is 1. The number of hydrogen-bond acceptors (Lipinski definition) is 7. The molecular weight excluding hydrogens is 428 g/mol. The van der Waals surface area contributed by atoms with Gasteiger partial charge >= 0.3 is 0 Å². The Bertz CT molecular complexity index is 1370. The van der Waals surface area contributed by atoms with Gasteiger partial charge in [-0.1, -0.05) is 12.1 Å². The van der Waals surface area contributed by atoms with E-state index in [2.05, 4.69) is 43.6 Å². The van der Waals surface area contributed by atoms with Crippen molar-refractivity contribution >= 4 is 39.8 Å². The highest BCUT2D eigenvalue weighted by atomic mass is 16.5. The first kappa shape index (κ1) is 21.4. The fourth-order valence-electron chi connectivity index (χ4n) is 3.85. The molecule has 0 bridgehead atoms. The van der Waals surface area contributed by atoms with Crippen LogP contribution in [0.2, 0.25) is 0 Å². The van der Waals surface area contributed by atoms with Crippen LogP contribution >= 0.6 is 0 Å². The lowest BCUT2D eigenvalue weighted by Crippen LogP contribution is -2.36. The maximum Gasteiger partial charge on any atom is 0.300 e. The summed E-state index contributed by atoms with van der Waals surface area (Å²) in [4.78, 5) is 27.6. The summed E-state index contributed by atoms with van der Waals surface area (Å²) in [7, 11) is 0. The molecule has 2 aromatic carbocycles. The van der Waals surface area contributed by atoms with Crippen molar-refractivity contribution in [1.82, 2.24) is 15.0 Å². The Morgan fingerprint density at radius 1 is 1.03 bits per heavy atom. The third-order valence-corrected chi connectivity index (χ3v) is 5.52. The summed E-state index contributed by atoms with van der Waals surface area (Å²) in [5, 5.41) is 6.80. The Kier molecular flexibility index (Phi) is 6.01. The minimum Gasteiger partial charge on any atom is -0.378 e. The summed E-state index contributed by atoms with van der Waals surface area (Å²) in [6, 6.07) is 17.4.